The summed E-state index contributed by atoms with van der Waals surface area (Å²) in [6.45, 7) is 9.19. The van der Waals surface area contributed by atoms with E-state index < -0.39 is 0 Å². The second-order valence-corrected chi connectivity index (χ2v) is 5.89. The molecule has 1 fully saturated rings. The maximum atomic E-state index is 5.54. The first kappa shape index (κ1) is 15.2. The molecular weight excluding hydrogens is 252 g/mol. The second kappa shape index (κ2) is 6.99. The van der Waals surface area contributed by atoms with Gasteiger partial charge in [0.1, 0.15) is 5.82 Å². The Balaban J connectivity index is 1.96. The summed E-state index contributed by atoms with van der Waals surface area (Å²) in [4.78, 5) is 11.3. The van der Waals surface area contributed by atoms with E-state index >= 15 is 0 Å². The summed E-state index contributed by atoms with van der Waals surface area (Å²) in [5, 5.41) is 3.35. The summed E-state index contributed by atoms with van der Waals surface area (Å²) >= 11 is 0. The van der Waals surface area contributed by atoms with Gasteiger partial charge in [-0.1, -0.05) is 20.8 Å². The van der Waals surface area contributed by atoms with E-state index in [2.05, 4.69) is 41.0 Å². The molecule has 1 N–H and O–H groups in total. The topological polar surface area (TPSA) is 50.3 Å². The Labute approximate surface area is 121 Å². The lowest BCUT2D eigenvalue weighted by Crippen LogP contribution is -2.44. The molecule has 1 aliphatic rings. The van der Waals surface area contributed by atoms with Gasteiger partial charge in [-0.3, -0.25) is 4.98 Å². The Bertz CT molecular complexity index is 407. The first-order valence-corrected chi connectivity index (χ1v) is 7.42. The van der Waals surface area contributed by atoms with Gasteiger partial charge in [0.15, 0.2) is 0 Å². The second-order valence-electron chi connectivity index (χ2n) is 5.89. The van der Waals surface area contributed by atoms with Crippen LogP contribution in [0.5, 0.6) is 0 Å². The van der Waals surface area contributed by atoms with Crippen LogP contribution in [0.4, 0.5) is 5.82 Å². The number of anilines is 1. The molecular formula is C15H26N4O. The molecule has 0 spiro atoms. The standard InChI is InChI=1S/C15H26N4O/c1-11(2)16-7-13-8-18-15(9-17-13)19-6-5-12(3)14(10-19)20-4/h8-9,11-12,14,16H,5-7,10H2,1-4H3. The number of rotatable bonds is 5. The molecule has 2 rings (SSSR count). The quantitative estimate of drug-likeness (QED) is 0.890. The number of piperidine rings is 1. The van der Waals surface area contributed by atoms with Gasteiger partial charge in [-0.2, -0.15) is 0 Å². The van der Waals surface area contributed by atoms with Crippen LogP contribution in [-0.4, -0.2) is 42.3 Å². The molecule has 5 nitrogen and oxygen atoms in total. The van der Waals surface area contributed by atoms with Crippen LogP contribution in [0.3, 0.4) is 0 Å². The zero-order valence-electron chi connectivity index (χ0n) is 13.0. The van der Waals surface area contributed by atoms with Crippen LogP contribution in [0.1, 0.15) is 32.9 Å². The van der Waals surface area contributed by atoms with Crippen molar-refractivity contribution < 1.29 is 4.74 Å². The van der Waals surface area contributed by atoms with E-state index in [1.807, 2.05) is 12.4 Å². The highest BCUT2D eigenvalue weighted by Gasteiger charge is 2.26. The lowest BCUT2D eigenvalue weighted by atomic mass is 9.96. The summed E-state index contributed by atoms with van der Waals surface area (Å²) in [6, 6.07) is 0.461. The van der Waals surface area contributed by atoms with Gasteiger partial charge in [0, 0.05) is 32.8 Å². The van der Waals surface area contributed by atoms with Crippen molar-refractivity contribution in [2.24, 2.45) is 5.92 Å². The minimum atomic E-state index is 0.285. The Kier molecular flexibility index (Phi) is 5.31. The van der Waals surface area contributed by atoms with Gasteiger partial charge in [0.25, 0.3) is 0 Å². The van der Waals surface area contributed by atoms with Gasteiger partial charge in [-0.15, -0.1) is 0 Å². The monoisotopic (exact) mass is 278 g/mol. The number of nitrogens with one attached hydrogen (secondary N) is 1. The van der Waals surface area contributed by atoms with E-state index in [-0.39, 0.29) is 6.10 Å². The van der Waals surface area contributed by atoms with Gasteiger partial charge in [0.05, 0.1) is 24.2 Å². The molecule has 0 amide bonds. The van der Waals surface area contributed by atoms with E-state index in [0.29, 0.717) is 12.0 Å². The number of methoxy groups -OCH3 is 1. The lowest BCUT2D eigenvalue weighted by Gasteiger charge is -2.36. The van der Waals surface area contributed by atoms with Crippen LogP contribution >= 0.6 is 0 Å². The Morgan fingerprint density at radius 1 is 1.40 bits per heavy atom. The highest BCUT2D eigenvalue weighted by atomic mass is 16.5. The number of nitrogens with zero attached hydrogens (tertiary/aromatic N) is 3. The maximum Gasteiger partial charge on any atom is 0.147 e. The number of hydrogen-bond acceptors (Lipinski definition) is 5. The number of aromatic nitrogens is 2. The first-order chi connectivity index (χ1) is 9.60. The van der Waals surface area contributed by atoms with Crippen molar-refractivity contribution in [2.45, 2.75) is 45.9 Å². The normalized spacial score (nSPS) is 23.4. The van der Waals surface area contributed by atoms with Crippen molar-refractivity contribution in [3.63, 3.8) is 0 Å². The van der Waals surface area contributed by atoms with Gasteiger partial charge in [-0.05, 0) is 12.3 Å². The molecule has 0 radical (unpaired) electrons. The fraction of sp³-hybridized carbons (Fsp3) is 0.733. The van der Waals surface area contributed by atoms with Crippen molar-refractivity contribution in [3.05, 3.63) is 18.1 Å². The summed E-state index contributed by atoms with van der Waals surface area (Å²) in [6.07, 6.45) is 5.16. The minimum Gasteiger partial charge on any atom is -0.379 e. The first-order valence-electron chi connectivity index (χ1n) is 7.42. The van der Waals surface area contributed by atoms with E-state index in [0.717, 1.165) is 37.6 Å². The van der Waals surface area contributed by atoms with E-state index in [4.69, 9.17) is 4.74 Å². The van der Waals surface area contributed by atoms with Crippen molar-refractivity contribution in [2.75, 3.05) is 25.1 Å². The van der Waals surface area contributed by atoms with Crippen LogP contribution in [0.25, 0.3) is 0 Å². The summed E-state index contributed by atoms with van der Waals surface area (Å²) < 4.78 is 5.54. The predicted octanol–water partition coefficient (Wildman–Crippen LogP) is 1.84. The fourth-order valence-electron chi connectivity index (χ4n) is 2.46. The maximum absolute atomic E-state index is 5.54. The predicted molar refractivity (Wildman–Crippen MR) is 80.8 cm³/mol. The summed E-state index contributed by atoms with van der Waals surface area (Å²) in [7, 11) is 1.79. The smallest absolute Gasteiger partial charge is 0.147 e. The molecule has 2 atom stereocenters. The molecule has 1 aromatic rings. The molecule has 1 saturated heterocycles. The van der Waals surface area contributed by atoms with E-state index in [9.17, 15) is 0 Å². The van der Waals surface area contributed by atoms with Crippen LogP contribution in [0.15, 0.2) is 12.4 Å². The minimum absolute atomic E-state index is 0.285. The van der Waals surface area contributed by atoms with Crippen LogP contribution in [0.2, 0.25) is 0 Å². The van der Waals surface area contributed by atoms with E-state index in [1.54, 1.807) is 7.11 Å². The SMILES string of the molecule is COC1CN(c2cnc(CNC(C)C)cn2)CCC1C. The molecule has 2 unspecified atom stereocenters. The third kappa shape index (κ3) is 3.90. The lowest BCUT2D eigenvalue weighted by molar-refractivity contribution is 0.0496. The highest BCUT2D eigenvalue weighted by molar-refractivity contribution is 5.36. The molecule has 20 heavy (non-hydrogen) atoms. The third-order valence-electron chi connectivity index (χ3n) is 3.90. The number of hydrogen-bond donors (Lipinski definition) is 1. The number of ether oxygens (including phenoxy) is 1. The average Bonchev–Trinajstić information content (AvgIpc) is 2.46. The summed E-state index contributed by atoms with van der Waals surface area (Å²) in [5.41, 5.74) is 0.983. The molecule has 1 aromatic heterocycles. The van der Waals surface area contributed by atoms with Gasteiger partial charge >= 0.3 is 0 Å². The molecule has 0 saturated carbocycles. The Morgan fingerprint density at radius 2 is 2.20 bits per heavy atom. The summed E-state index contributed by atoms with van der Waals surface area (Å²) in [5.74, 6) is 1.56. The van der Waals surface area contributed by atoms with Crippen molar-refractivity contribution >= 4 is 5.82 Å². The Morgan fingerprint density at radius 3 is 2.80 bits per heavy atom. The van der Waals surface area contributed by atoms with Crippen LogP contribution in [0, 0.1) is 5.92 Å². The van der Waals surface area contributed by atoms with Crippen molar-refractivity contribution in [3.8, 4) is 0 Å². The fourth-order valence-corrected chi connectivity index (χ4v) is 2.46. The zero-order chi connectivity index (χ0) is 14.5. The van der Waals surface area contributed by atoms with Crippen molar-refractivity contribution in [1.82, 2.24) is 15.3 Å². The van der Waals surface area contributed by atoms with Crippen LogP contribution < -0.4 is 10.2 Å². The molecule has 0 bridgehead atoms. The average molecular weight is 278 g/mol. The zero-order valence-corrected chi connectivity index (χ0v) is 13.0. The van der Waals surface area contributed by atoms with Gasteiger partial charge in [0.2, 0.25) is 0 Å². The van der Waals surface area contributed by atoms with E-state index in [1.165, 1.54) is 0 Å². The Hall–Kier alpha value is -1.20. The molecule has 2 heterocycles. The molecule has 1 aliphatic heterocycles. The third-order valence-corrected chi connectivity index (χ3v) is 3.90. The highest BCUT2D eigenvalue weighted by Crippen LogP contribution is 2.22. The molecule has 0 aliphatic carbocycles. The molecule has 5 heteroatoms. The largest absolute Gasteiger partial charge is 0.379 e. The van der Waals surface area contributed by atoms with Gasteiger partial charge in [-0.25, -0.2) is 4.98 Å². The van der Waals surface area contributed by atoms with Crippen molar-refractivity contribution in [1.29, 1.82) is 0 Å². The molecule has 0 aromatic carbocycles. The molecule has 112 valence electrons. The van der Waals surface area contributed by atoms with Gasteiger partial charge < -0.3 is 15.0 Å². The van der Waals surface area contributed by atoms with Crippen LogP contribution in [-0.2, 0) is 11.3 Å².